The van der Waals surface area contributed by atoms with Crippen LogP contribution in [0.25, 0.3) is 0 Å². The van der Waals surface area contributed by atoms with Crippen molar-refractivity contribution in [3.8, 4) is 0 Å². The summed E-state index contributed by atoms with van der Waals surface area (Å²) in [6.07, 6.45) is -0.529. The molecule has 4 nitrogen and oxygen atoms in total. The molecule has 0 heterocycles. The molecule has 0 bridgehead atoms. The minimum Gasteiger partial charge on any atom is -0.396 e. The van der Waals surface area contributed by atoms with Crippen LogP contribution in [0.3, 0.4) is 0 Å². The zero-order chi connectivity index (χ0) is 9.61. The number of rotatable bonds is 6. The molecule has 0 aliphatic heterocycles. The molecule has 2 N–H and O–H groups in total. The van der Waals surface area contributed by atoms with Gasteiger partial charge in [0, 0.05) is 13.0 Å². The van der Waals surface area contributed by atoms with Crippen LogP contribution in [0.2, 0.25) is 0 Å². The Hall–Kier alpha value is -0.160. The van der Waals surface area contributed by atoms with E-state index >= 15 is 0 Å². The molecule has 0 aliphatic carbocycles. The van der Waals surface area contributed by atoms with E-state index in [9.17, 15) is 0 Å². The van der Waals surface area contributed by atoms with Crippen LogP contribution in [0.15, 0.2) is 0 Å². The van der Waals surface area contributed by atoms with Gasteiger partial charge in [-0.15, -0.1) is 0 Å². The van der Waals surface area contributed by atoms with Gasteiger partial charge in [0.15, 0.2) is 6.29 Å². The summed E-state index contributed by atoms with van der Waals surface area (Å²) in [4.78, 5) is 0. The Morgan fingerprint density at radius 1 is 1.33 bits per heavy atom. The Morgan fingerprint density at radius 3 is 2.33 bits per heavy atom. The maximum absolute atomic E-state index is 9.06. The Labute approximate surface area is 74.0 Å². The number of nitrogens with zero attached hydrogens (tertiary/aromatic N) is 1. The first-order valence-corrected chi connectivity index (χ1v) is 4.16. The number of hydrogen-bond acceptors (Lipinski definition) is 3. The first-order valence-electron chi connectivity index (χ1n) is 4.16. The van der Waals surface area contributed by atoms with Crippen LogP contribution in [-0.4, -0.2) is 61.9 Å². The second-order valence-corrected chi connectivity index (χ2v) is 3.85. The van der Waals surface area contributed by atoms with Gasteiger partial charge in [-0.1, -0.05) is 0 Å². The zero-order valence-corrected chi connectivity index (χ0v) is 8.16. The maximum atomic E-state index is 9.06. The molecule has 0 aromatic rings. The molecule has 1 unspecified atom stereocenters. The van der Waals surface area contributed by atoms with E-state index in [2.05, 4.69) is 21.1 Å². The van der Waals surface area contributed by atoms with Crippen molar-refractivity contribution in [2.75, 3.05) is 40.9 Å². The van der Waals surface area contributed by atoms with E-state index in [4.69, 9.17) is 14.9 Å². The van der Waals surface area contributed by atoms with Gasteiger partial charge in [0.1, 0.15) is 6.54 Å². The fourth-order valence-corrected chi connectivity index (χ4v) is 0.656. The molecule has 0 saturated heterocycles. The molecule has 0 spiro atoms. The summed E-state index contributed by atoms with van der Waals surface area (Å²) < 4.78 is 5.85. The minimum atomic E-state index is -0.818. The molecule has 0 saturated carbocycles. The topological polar surface area (TPSA) is 49.7 Å². The van der Waals surface area contributed by atoms with Crippen LogP contribution in [0.4, 0.5) is 0 Å². The predicted molar refractivity (Wildman–Crippen MR) is 46.6 cm³/mol. The van der Waals surface area contributed by atoms with Gasteiger partial charge in [0.2, 0.25) is 0 Å². The van der Waals surface area contributed by atoms with Crippen LogP contribution in [-0.2, 0) is 4.74 Å². The third-order valence-electron chi connectivity index (χ3n) is 1.45. The highest BCUT2D eigenvalue weighted by Crippen LogP contribution is 1.95. The van der Waals surface area contributed by atoms with E-state index in [-0.39, 0.29) is 13.0 Å². The molecule has 12 heavy (non-hydrogen) atoms. The van der Waals surface area contributed by atoms with Crippen molar-refractivity contribution in [1.29, 1.82) is 0 Å². The van der Waals surface area contributed by atoms with Gasteiger partial charge >= 0.3 is 0 Å². The van der Waals surface area contributed by atoms with Gasteiger partial charge in [-0.3, -0.25) is 0 Å². The summed E-state index contributed by atoms with van der Waals surface area (Å²) in [6.45, 7) is 1.33. The van der Waals surface area contributed by atoms with E-state index in [0.29, 0.717) is 6.61 Å². The summed E-state index contributed by atoms with van der Waals surface area (Å²) >= 11 is 0. The van der Waals surface area contributed by atoms with Crippen LogP contribution < -0.4 is 0 Å². The molecule has 0 rings (SSSR count). The van der Waals surface area contributed by atoms with Crippen LogP contribution in [0, 0.1) is 0 Å². The second kappa shape index (κ2) is 5.48. The highest BCUT2D eigenvalue weighted by atomic mass is 16.6. The van der Waals surface area contributed by atoms with Crippen molar-refractivity contribution in [1.82, 2.24) is 0 Å². The molecule has 4 heteroatoms. The standard InChI is InChI=1S/C8H20NO3/c1-9(2,3)5-7-12-8(11)4-6-10/h8,10-11H,4-7H2,1-3H3/q+1. The molecular weight excluding hydrogens is 158 g/mol. The highest BCUT2D eigenvalue weighted by molar-refractivity contribution is 4.39. The third-order valence-corrected chi connectivity index (χ3v) is 1.45. The fraction of sp³-hybridized carbons (Fsp3) is 1.00. The molecule has 0 aliphatic rings. The summed E-state index contributed by atoms with van der Waals surface area (Å²) in [6, 6.07) is 0. The summed E-state index contributed by atoms with van der Waals surface area (Å²) in [7, 11) is 6.17. The minimum absolute atomic E-state index is 0.0362. The summed E-state index contributed by atoms with van der Waals surface area (Å²) in [5.74, 6) is 0. The van der Waals surface area contributed by atoms with Gasteiger partial charge in [-0.25, -0.2) is 0 Å². The number of hydrogen-bond donors (Lipinski definition) is 2. The molecule has 74 valence electrons. The molecule has 0 fully saturated rings. The van der Waals surface area contributed by atoms with E-state index in [0.717, 1.165) is 11.0 Å². The lowest BCUT2D eigenvalue weighted by Crippen LogP contribution is -2.38. The van der Waals surface area contributed by atoms with Gasteiger partial charge in [-0.05, 0) is 0 Å². The summed E-state index contributed by atoms with van der Waals surface area (Å²) in [5.41, 5.74) is 0. The lowest BCUT2D eigenvalue weighted by atomic mass is 10.4. The first-order chi connectivity index (χ1) is 5.45. The van der Waals surface area contributed by atoms with Crippen molar-refractivity contribution >= 4 is 0 Å². The predicted octanol–water partition coefficient (Wildman–Crippen LogP) is -0.590. The van der Waals surface area contributed by atoms with Gasteiger partial charge in [-0.2, -0.15) is 0 Å². The number of aliphatic hydroxyl groups excluding tert-OH is 2. The lowest BCUT2D eigenvalue weighted by Gasteiger charge is -2.24. The Morgan fingerprint density at radius 2 is 1.92 bits per heavy atom. The second-order valence-electron chi connectivity index (χ2n) is 3.85. The van der Waals surface area contributed by atoms with Gasteiger partial charge in [0.05, 0.1) is 27.7 Å². The SMILES string of the molecule is C[N+](C)(C)CCOC(O)CCO. The maximum Gasteiger partial charge on any atom is 0.157 e. The fourth-order valence-electron chi connectivity index (χ4n) is 0.656. The van der Waals surface area contributed by atoms with Crippen molar-refractivity contribution in [2.45, 2.75) is 12.7 Å². The monoisotopic (exact) mass is 178 g/mol. The van der Waals surface area contributed by atoms with E-state index in [1.807, 2.05) is 0 Å². The van der Waals surface area contributed by atoms with E-state index in [1.54, 1.807) is 0 Å². The molecule has 1 atom stereocenters. The summed E-state index contributed by atoms with van der Waals surface area (Å²) in [5, 5.41) is 17.5. The van der Waals surface area contributed by atoms with Crippen LogP contribution >= 0.6 is 0 Å². The Balaban J connectivity index is 3.31. The van der Waals surface area contributed by atoms with Gasteiger partial charge in [0.25, 0.3) is 0 Å². The smallest absolute Gasteiger partial charge is 0.157 e. The molecular formula is C8H20NO3+. The van der Waals surface area contributed by atoms with Crippen molar-refractivity contribution in [3.05, 3.63) is 0 Å². The normalized spacial score (nSPS) is 14.8. The first kappa shape index (κ1) is 11.8. The van der Waals surface area contributed by atoms with Gasteiger partial charge < -0.3 is 19.4 Å². The van der Waals surface area contributed by atoms with Crippen LogP contribution in [0.5, 0.6) is 0 Å². The number of ether oxygens (including phenoxy) is 1. The largest absolute Gasteiger partial charge is 0.396 e. The van der Waals surface area contributed by atoms with Crippen molar-refractivity contribution in [3.63, 3.8) is 0 Å². The van der Waals surface area contributed by atoms with Crippen LogP contribution in [0.1, 0.15) is 6.42 Å². The van der Waals surface area contributed by atoms with Crippen molar-refractivity contribution in [2.24, 2.45) is 0 Å². The average Bonchev–Trinajstić information content (AvgIpc) is 1.84. The molecule has 0 amide bonds. The highest BCUT2D eigenvalue weighted by Gasteiger charge is 2.08. The molecule has 0 aromatic carbocycles. The molecule has 0 radical (unpaired) electrons. The Bertz CT molecular complexity index is 111. The third kappa shape index (κ3) is 7.94. The molecule has 0 aromatic heterocycles. The average molecular weight is 178 g/mol. The number of quaternary nitrogens is 1. The quantitative estimate of drug-likeness (QED) is 0.422. The number of aliphatic hydroxyl groups is 2. The van der Waals surface area contributed by atoms with Crippen molar-refractivity contribution < 1.29 is 19.4 Å². The van der Waals surface area contributed by atoms with E-state index in [1.165, 1.54) is 0 Å². The number of likely N-dealkylation sites (N-methyl/N-ethyl adjacent to an activating group) is 1. The zero-order valence-electron chi connectivity index (χ0n) is 8.16. The lowest BCUT2D eigenvalue weighted by molar-refractivity contribution is -0.871. The van der Waals surface area contributed by atoms with E-state index < -0.39 is 6.29 Å². The Kier molecular flexibility index (Phi) is 5.41.